The topological polar surface area (TPSA) is 0 Å². The first-order valence-corrected chi connectivity index (χ1v) is 6.08. The Morgan fingerprint density at radius 2 is 1.56 bits per heavy atom. The third-order valence-electron chi connectivity index (χ3n) is 3.81. The molecule has 0 saturated heterocycles. The number of fused-ring (bicyclic) bond motifs is 1. The Hall–Kier alpha value is 0.0643. The Labute approximate surface area is 131 Å². The number of hydrogen-bond donors (Lipinski definition) is 0. The van der Waals surface area contributed by atoms with Gasteiger partial charge in [-0.3, -0.25) is 0 Å². The molecule has 0 saturated carbocycles. The standard InChI is InChI=1S/C14H21.3CH3.Ti/c1-4-11-10(3)12(5-2)14-9-7-6-8-13(11)14;;;;/h4-9H2,1-3H3;3*1H3;/q4*-1;+4. The molecular formula is C17H30Ti. The van der Waals surface area contributed by atoms with Crippen molar-refractivity contribution >= 4 is 0 Å². The molecular weight excluding hydrogens is 252 g/mol. The van der Waals surface area contributed by atoms with E-state index in [-0.39, 0.29) is 44.0 Å². The minimum Gasteiger partial charge on any atom is -0.358 e. The Morgan fingerprint density at radius 3 is 2.06 bits per heavy atom. The summed E-state index contributed by atoms with van der Waals surface area (Å²) >= 11 is 0. The fourth-order valence-electron chi connectivity index (χ4n) is 3.16. The van der Waals surface area contributed by atoms with Crippen LogP contribution in [0.2, 0.25) is 0 Å². The van der Waals surface area contributed by atoms with Gasteiger partial charge in [-0.25, -0.2) is 0 Å². The minimum atomic E-state index is 0. The first kappa shape index (κ1) is 23.2. The average molecular weight is 282 g/mol. The van der Waals surface area contributed by atoms with E-state index in [2.05, 4.69) is 20.8 Å². The summed E-state index contributed by atoms with van der Waals surface area (Å²) in [5, 5.41) is 0. The van der Waals surface area contributed by atoms with Gasteiger partial charge in [0.15, 0.2) is 0 Å². The fourth-order valence-corrected chi connectivity index (χ4v) is 3.16. The van der Waals surface area contributed by atoms with Crippen molar-refractivity contribution in [2.24, 2.45) is 0 Å². The number of rotatable bonds is 2. The van der Waals surface area contributed by atoms with Crippen molar-refractivity contribution in [3.63, 3.8) is 0 Å². The molecule has 1 aliphatic rings. The molecule has 0 aromatic heterocycles. The summed E-state index contributed by atoms with van der Waals surface area (Å²) < 4.78 is 0. The fraction of sp³-hybridized carbons (Fsp3) is 0.529. The van der Waals surface area contributed by atoms with Gasteiger partial charge in [-0.1, -0.05) is 59.3 Å². The van der Waals surface area contributed by atoms with Crippen LogP contribution in [0.4, 0.5) is 0 Å². The Bertz CT molecular complexity index is 302. The summed E-state index contributed by atoms with van der Waals surface area (Å²) in [7, 11) is 0. The van der Waals surface area contributed by atoms with Crippen LogP contribution in [0.25, 0.3) is 0 Å². The molecule has 0 fully saturated rings. The molecule has 2 rings (SSSR count). The Kier molecular flexibility index (Phi) is 12.8. The zero-order valence-electron chi connectivity index (χ0n) is 13.2. The van der Waals surface area contributed by atoms with Gasteiger partial charge < -0.3 is 22.3 Å². The van der Waals surface area contributed by atoms with Gasteiger partial charge in [0.1, 0.15) is 0 Å². The Balaban J connectivity index is -0.000000562. The maximum absolute atomic E-state index is 2.33. The number of hydrogen-bond acceptors (Lipinski definition) is 0. The van der Waals surface area contributed by atoms with Crippen molar-refractivity contribution < 1.29 is 21.7 Å². The van der Waals surface area contributed by atoms with E-state index in [1.54, 1.807) is 27.8 Å². The van der Waals surface area contributed by atoms with E-state index >= 15 is 0 Å². The summed E-state index contributed by atoms with van der Waals surface area (Å²) in [5.41, 5.74) is 8.43. The predicted molar refractivity (Wildman–Crippen MR) is 81.4 cm³/mol. The third kappa shape index (κ3) is 3.78. The van der Waals surface area contributed by atoms with Crippen molar-refractivity contribution in [2.75, 3.05) is 0 Å². The van der Waals surface area contributed by atoms with Crippen LogP contribution in [0.5, 0.6) is 0 Å². The summed E-state index contributed by atoms with van der Waals surface area (Å²) in [5.74, 6) is 0. The molecule has 0 heterocycles. The molecule has 18 heavy (non-hydrogen) atoms. The van der Waals surface area contributed by atoms with Crippen molar-refractivity contribution in [1.29, 1.82) is 0 Å². The van der Waals surface area contributed by atoms with E-state index in [9.17, 15) is 0 Å². The van der Waals surface area contributed by atoms with Gasteiger partial charge in [-0.05, 0) is 0 Å². The second kappa shape index (κ2) is 9.92. The molecule has 1 heteroatoms. The molecule has 0 spiro atoms. The average Bonchev–Trinajstić information content (AvgIpc) is 2.49. The minimum absolute atomic E-state index is 0. The van der Waals surface area contributed by atoms with Crippen molar-refractivity contribution in [1.82, 2.24) is 0 Å². The largest absolute Gasteiger partial charge is 4.00 e. The molecule has 0 unspecified atom stereocenters. The van der Waals surface area contributed by atoms with Crippen LogP contribution in [0.15, 0.2) is 0 Å². The SMILES string of the molecule is CCc1c2c([c-](CC)c1C)CCCC2.[CH3-].[CH3-].[CH3-].[Ti+4]. The van der Waals surface area contributed by atoms with Gasteiger partial charge in [-0.15, -0.1) is 0 Å². The van der Waals surface area contributed by atoms with E-state index in [4.69, 9.17) is 0 Å². The van der Waals surface area contributed by atoms with E-state index in [0.717, 1.165) is 0 Å². The van der Waals surface area contributed by atoms with Crippen molar-refractivity contribution in [3.8, 4) is 0 Å². The third-order valence-corrected chi connectivity index (χ3v) is 3.81. The quantitative estimate of drug-likeness (QED) is 0.525. The van der Waals surface area contributed by atoms with Gasteiger partial charge in [0.25, 0.3) is 0 Å². The summed E-state index contributed by atoms with van der Waals surface area (Å²) in [4.78, 5) is 0. The van der Waals surface area contributed by atoms with Gasteiger partial charge in [0.2, 0.25) is 0 Å². The first-order valence-electron chi connectivity index (χ1n) is 6.08. The maximum atomic E-state index is 2.33. The second-order valence-electron chi connectivity index (χ2n) is 4.45. The molecule has 0 N–H and O–H groups in total. The van der Waals surface area contributed by atoms with E-state index < -0.39 is 0 Å². The maximum Gasteiger partial charge on any atom is 4.00 e. The van der Waals surface area contributed by atoms with Crippen molar-refractivity contribution in [3.05, 3.63) is 50.1 Å². The van der Waals surface area contributed by atoms with Crippen LogP contribution in [0.3, 0.4) is 0 Å². The summed E-state index contributed by atoms with van der Waals surface area (Å²) in [6.07, 6.45) is 7.97. The predicted octanol–water partition coefficient (Wildman–Crippen LogP) is 5.07. The van der Waals surface area contributed by atoms with Crippen LogP contribution in [0.1, 0.15) is 54.5 Å². The van der Waals surface area contributed by atoms with Gasteiger partial charge in [-0.2, -0.15) is 27.8 Å². The molecule has 0 bridgehead atoms. The van der Waals surface area contributed by atoms with Gasteiger partial charge in [0, 0.05) is 0 Å². The van der Waals surface area contributed by atoms with E-state index in [1.807, 2.05) is 0 Å². The van der Waals surface area contributed by atoms with Crippen molar-refractivity contribution in [2.45, 2.75) is 59.3 Å². The summed E-state index contributed by atoms with van der Waals surface area (Å²) in [6, 6.07) is 0. The van der Waals surface area contributed by atoms with Gasteiger partial charge in [0.05, 0.1) is 0 Å². The zero-order chi connectivity index (χ0) is 10.1. The normalized spacial score (nSPS) is 12.2. The molecule has 0 nitrogen and oxygen atoms in total. The molecule has 0 aliphatic heterocycles. The molecule has 0 amide bonds. The smallest absolute Gasteiger partial charge is 0.358 e. The zero-order valence-corrected chi connectivity index (χ0v) is 14.8. The van der Waals surface area contributed by atoms with Gasteiger partial charge >= 0.3 is 21.7 Å². The Morgan fingerprint density at radius 1 is 1.00 bits per heavy atom. The van der Waals surface area contributed by atoms with Crippen LogP contribution in [-0.4, -0.2) is 0 Å². The molecule has 102 valence electrons. The van der Waals surface area contributed by atoms with E-state index in [1.165, 1.54) is 38.5 Å². The molecule has 1 aromatic rings. The van der Waals surface area contributed by atoms with Crippen LogP contribution >= 0.6 is 0 Å². The second-order valence-corrected chi connectivity index (χ2v) is 4.45. The van der Waals surface area contributed by atoms with Crippen LogP contribution in [0, 0.1) is 29.2 Å². The monoisotopic (exact) mass is 282 g/mol. The molecule has 0 radical (unpaired) electrons. The first-order chi connectivity index (χ1) is 6.79. The van der Waals surface area contributed by atoms with Crippen LogP contribution < -0.4 is 0 Å². The van der Waals surface area contributed by atoms with Crippen LogP contribution in [-0.2, 0) is 47.4 Å². The molecule has 1 aromatic carbocycles. The van der Waals surface area contributed by atoms with E-state index in [0.29, 0.717) is 0 Å². The summed E-state index contributed by atoms with van der Waals surface area (Å²) in [6.45, 7) is 6.93. The molecule has 1 aliphatic carbocycles. The molecule has 0 atom stereocenters.